The van der Waals surface area contributed by atoms with Crippen molar-refractivity contribution < 1.29 is 20.1 Å². The number of phenols is 2. The van der Waals surface area contributed by atoms with Gasteiger partial charge in [-0.25, -0.2) is 4.79 Å². The average molecular weight is 256 g/mol. The van der Waals surface area contributed by atoms with Gasteiger partial charge in [0, 0.05) is 11.6 Å². The summed E-state index contributed by atoms with van der Waals surface area (Å²) < 4.78 is 0. The third-order valence-electron chi connectivity index (χ3n) is 2.63. The molecule has 0 spiro atoms. The number of carbonyl (C=O) groups is 1. The van der Waals surface area contributed by atoms with Gasteiger partial charge in [0.05, 0.1) is 5.56 Å². The standard InChI is InChI=1S/C15H12O4/c16-13-8-7-11(14(17)9-13)4-1-10-2-5-12(6-3-10)15(18)19/h1-9,16-17H,(H,18,19). The molecular weight excluding hydrogens is 244 g/mol. The fourth-order valence-electron chi connectivity index (χ4n) is 1.60. The van der Waals surface area contributed by atoms with Gasteiger partial charge in [-0.3, -0.25) is 0 Å². The van der Waals surface area contributed by atoms with Crippen molar-refractivity contribution in [1.82, 2.24) is 0 Å². The van der Waals surface area contributed by atoms with Gasteiger partial charge in [0.25, 0.3) is 0 Å². The molecule has 0 aliphatic carbocycles. The highest BCUT2D eigenvalue weighted by atomic mass is 16.4. The van der Waals surface area contributed by atoms with E-state index in [1.54, 1.807) is 30.4 Å². The van der Waals surface area contributed by atoms with Crippen LogP contribution in [0.5, 0.6) is 11.5 Å². The molecule has 0 saturated heterocycles. The van der Waals surface area contributed by atoms with Crippen LogP contribution in [0.25, 0.3) is 12.2 Å². The third kappa shape index (κ3) is 3.13. The first kappa shape index (κ1) is 12.7. The Hall–Kier alpha value is -2.75. The van der Waals surface area contributed by atoms with E-state index in [1.807, 2.05) is 0 Å². The molecular formula is C15H12O4. The fourth-order valence-corrected chi connectivity index (χ4v) is 1.60. The third-order valence-corrected chi connectivity index (χ3v) is 2.63. The highest BCUT2D eigenvalue weighted by Crippen LogP contribution is 2.24. The SMILES string of the molecule is O=C(O)c1ccc(C=Cc2ccc(O)cc2O)cc1. The largest absolute Gasteiger partial charge is 0.508 e. The second-order valence-corrected chi connectivity index (χ2v) is 4.00. The summed E-state index contributed by atoms with van der Waals surface area (Å²) in [6.45, 7) is 0. The lowest BCUT2D eigenvalue weighted by molar-refractivity contribution is 0.0697. The highest BCUT2D eigenvalue weighted by Gasteiger charge is 2.01. The van der Waals surface area contributed by atoms with E-state index in [1.165, 1.54) is 24.3 Å². The molecule has 3 N–H and O–H groups in total. The van der Waals surface area contributed by atoms with E-state index >= 15 is 0 Å². The van der Waals surface area contributed by atoms with Crippen molar-refractivity contribution in [1.29, 1.82) is 0 Å². The second kappa shape index (κ2) is 5.27. The summed E-state index contributed by atoms with van der Waals surface area (Å²) >= 11 is 0. The van der Waals surface area contributed by atoms with Crippen LogP contribution in [0.2, 0.25) is 0 Å². The summed E-state index contributed by atoms with van der Waals surface area (Å²) in [5.74, 6) is -0.981. The summed E-state index contributed by atoms with van der Waals surface area (Å²) in [5.41, 5.74) is 1.61. The lowest BCUT2D eigenvalue weighted by Crippen LogP contribution is -1.94. The lowest BCUT2D eigenvalue weighted by Gasteiger charge is -2.00. The van der Waals surface area contributed by atoms with Gasteiger partial charge in [-0.05, 0) is 29.8 Å². The van der Waals surface area contributed by atoms with Gasteiger partial charge >= 0.3 is 5.97 Å². The Morgan fingerprint density at radius 2 is 1.63 bits per heavy atom. The van der Waals surface area contributed by atoms with Crippen molar-refractivity contribution in [2.45, 2.75) is 0 Å². The number of aromatic hydroxyl groups is 2. The molecule has 2 rings (SSSR count). The first-order valence-corrected chi connectivity index (χ1v) is 5.60. The fraction of sp³-hybridized carbons (Fsp3) is 0. The summed E-state index contributed by atoms with van der Waals surface area (Å²) in [6, 6.07) is 10.7. The molecule has 0 atom stereocenters. The van der Waals surface area contributed by atoms with Crippen molar-refractivity contribution in [2.75, 3.05) is 0 Å². The average Bonchev–Trinajstić information content (AvgIpc) is 2.38. The van der Waals surface area contributed by atoms with Crippen molar-refractivity contribution >= 4 is 18.1 Å². The van der Waals surface area contributed by atoms with Gasteiger partial charge < -0.3 is 15.3 Å². The van der Waals surface area contributed by atoms with E-state index in [2.05, 4.69) is 0 Å². The van der Waals surface area contributed by atoms with Gasteiger partial charge in [0.15, 0.2) is 0 Å². The highest BCUT2D eigenvalue weighted by molar-refractivity contribution is 5.88. The number of rotatable bonds is 3. The maximum atomic E-state index is 10.7. The predicted octanol–water partition coefficient (Wildman–Crippen LogP) is 2.97. The number of phenolic OH excluding ortho intramolecular Hbond substituents is 2. The molecule has 0 aliphatic rings. The Labute approximate surface area is 109 Å². The monoisotopic (exact) mass is 256 g/mol. The van der Waals surface area contributed by atoms with Gasteiger partial charge in [0.2, 0.25) is 0 Å². The van der Waals surface area contributed by atoms with Crippen LogP contribution in [0.1, 0.15) is 21.5 Å². The van der Waals surface area contributed by atoms with E-state index < -0.39 is 5.97 Å². The van der Waals surface area contributed by atoms with Crippen LogP contribution in [0, 0.1) is 0 Å². The zero-order chi connectivity index (χ0) is 13.8. The van der Waals surface area contributed by atoms with Crippen LogP contribution in [0.3, 0.4) is 0 Å². The molecule has 2 aromatic carbocycles. The number of carboxylic acid groups (broad SMARTS) is 1. The second-order valence-electron chi connectivity index (χ2n) is 4.00. The Kier molecular flexibility index (Phi) is 3.52. The summed E-state index contributed by atoms with van der Waals surface area (Å²) in [4.78, 5) is 10.7. The Balaban J connectivity index is 2.20. The zero-order valence-electron chi connectivity index (χ0n) is 9.95. The van der Waals surface area contributed by atoms with E-state index in [0.717, 1.165) is 5.56 Å². The maximum absolute atomic E-state index is 10.7. The molecule has 19 heavy (non-hydrogen) atoms. The Bertz CT molecular complexity index is 627. The summed E-state index contributed by atoms with van der Waals surface area (Å²) in [6.07, 6.45) is 3.43. The number of aromatic carboxylic acids is 1. The molecule has 0 amide bonds. The van der Waals surface area contributed by atoms with Gasteiger partial charge in [0.1, 0.15) is 11.5 Å². The van der Waals surface area contributed by atoms with Crippen molar-refractivity contribution in [3.63, 3.8) is 0 Å². The van der Waals surface area contributed by atoms with Crippen molar-refractivity contribution in [2.24, 2.45) is 0 Å². The molecule has 0 unspecified atom stereocenters. The van der Waals surface area contributed by atoms with Crippen LogP contribution >= 0.6 is 0 Å². The molecule has 96 valence electrons. The van der Waals surface area contributed by atoms with Crippen molar-refractivity contribution in [3.05, 3.63) is 59.2 Å². The van der Waals surface area contributed by atoms with Crippen molar-refractivity contribution in [3.8, 4) is 11.5 Å². The molecule has 0 aliphatic heterocycles. The van der Waals surface area contributed by atoms with Gasteiger partial charge in [-0.2, -0.15) is 0 Å². The minimum atomic E-state index is -0.966. The Morgan fingerprint density at radius 1 is 0.947 bits per heavy atom. The first-order valence-electron chi connectivity index (χ1n) is 5.60. The molecule has 0 heterocycles. The molecule has 0 saturated carbocycles. The Morgan fingerprint density at radius 3 is 2.21 bits per heavy atom. The van der Waals surface area contributed by atoms with Crippen LogP contribution < -0.4 is 0 Å². The van der Waals surface area contributed by atoms with E-state index in [9.17, 15) is 9.90 Å². The number of hydrogen-bond acceptors (Lipinski definition) is 3. The van der Waals surface area contributed by atoms with Gasteiger partial charge in [-0.1, -0.05) is 24.3 Å². The van der Waals surface area contributed by atoms with Crippen LogP contribution in [-0.2, 0) is 0 Å². The van der Waals surface area contributed by atoms with E-state index in [0.29, 0.717) is 5.56 Å². The molecule has 0 aromatic heterocycles. The minimum Gasteiger partial charge on any atom is -0.508 e. The minimum absolute atomic E-state index is 0.000427. The predicted molar refractivity (Wildman–Crippen MR) is 72.1 cm³/mol. The summed E-state index contributed by atoms with van der Waals surface area (Å²) in [5, 5.41) is 27.5. The topological polar surface area (TPSA) is 77.8 Å². The van der Waals surface area contributed by atoms with Crippen LogP contribution in [0.15, 0.2) is 42.5 Å². The number of hydrogen-bond donors (Lipinski definition) is 3. The van der Waals surface area contributed by atoms with E-state index in [4.69, 9.17) is 10.2 Å². The van der Waals surface area contributed by atoms with Gasteiger partial charge in [-0.15, -0.1) is 0 Å². The molecule has 4 heteroatoms. The molecule has 0 radical (unpaired) electrons. The van der Waals surface area contributed by atoms with Crippen LogP contribution in [0.4, 0.5) is 0 Å². The number of carboxylic acids is 1. The smallest absolute Gasteiger partial charge is 0.335 e. The maximum Gasteiger partial charge on any atom is 0.335 e. The van der Waals surface area contributed by atoms with Crippen LogP contribution in [-0.4, -0.2) is 21.3 Å². The molecule has 2 aromatic rings. The number of benzene rings is 2. The summed E-state index contributed by atoms with van der Waals surface area (Å²) in [7, 11) is 0. The zero-order valence-corrected chi connectivity index (χ0v) is 9.95. The lowest BCUT2D eigenvalue weighted by atomic mass is 10.1. The molecule has 4 nitrogen and oxygen atoms in total. The van der Waals surface area contributed by atoms with E-state index in [-0.39, 0.29) is 17.1 Å². The molecule has 0 fully saturated rings. The molecule has 0 bridgehead atoms. The first-order chi connectivity index (χ1) is 9.06. The quantitative estimate of drug-likeness (QED) is 0.738. The normalized spacial score (nSPS) is 10.7.